The van der Waals surface area contributed by atoms with Crippen molar-refractivity contribution in [3.05, 3.63) is 132 Å². The highest BCUT2D eigenvalue weighted by Gasteiger charge is 2.43. The molecular weight excluding hydrogens is 1970 g/mol. The van der Waals surface area contributed by atoms with Crippen LogP contribution in [0.3, 0.4) is 0 Å². The number of benzene rings is 8. The predicted molar refractivity (Wildman–Crippen MR) is 490 cm³/mol. The fraction of sp³-hybridized carbons (Fsp3) is 0.333. The number of nitrogen functional groups attached to an aromatic ring is 2. The van der Waals surface area contributed by atoms with Crippen LogP contribution in [0.5, 0.6) is 0 Å². The summed E-state index contributed by atoms with van der Waals surface area (Å²) in [5.74, 6) is 0. The van der Waals surface area contributed by atoms with E-state index in [9.17, 15) is 119 Å². The Morgan fingerprint density at radius 3 is 1.04 bits per heavy atom. The van der Waals surface area contributed by atoms with Crippen molar-refractivity contribution < 1.29 is 159 Å². The van der Waals surface area contributed by atoms with Gasteiger partial charge in [0, 0.05) is 35.3 Å². The van der Waals surface area contributed by atoms with Gasteiger partial charge >= 0.3 is 0 Å². The molecule has 1 saturated heterocycles. The molecule has 0 aliphatic carbocycles. The van der Waals surface area contributed by atoms with Crippen molar-refractivity contribution in [2.24, 2.45) is 20.5 Å². The van der Waals surface area contributed by atoms with E-state index in [1.54, 1.807) is 67.6 Å². The first kappa shape index (κ1) is 115. The second kappa shape index (κ2) is 45.7. The van der Waals surface area contributed by atoms with Crippen LogP contribution in [0.2, 0.25) is 0 Å². The lowest BCUT2D eigenvalue weighted by Gasteiger charge is -2.37. The number of nitrogens with one attached hydrogen (secondary N) is 2. The number of ether oxygens (including phenoxy) is 1. The van der Waals surface area contributed by atoms with E-state index in [1.807, 2.05) is 6.07 Å². The Balaban J connectivity index is 0.000000422. The second-order valence-corrected chi connectivity index (χ2v) is 40.0. The number of anilines is 4. The summed E-state index contributed by atoms with van der Waals surface area (Å²) in [5, 5.41) is 167. The van der Waals surface area contributed by atoms with Crippen molar-refractivity contribution in [2.45, 2.75) is 167 Å². The largest absolute Gasteiger partial charge is 0.744 e. The third kappa shape index (κ3) is 25.9. The first-order valence-corrected chi connectivity index (χ1v) is 47.9. The molecule has 21 N–H and O–H groups in total. The average Bonchev–Trinajstić information content (AvgIpc) is 0.820. The summed E-state index contributed by atoms with van der Waals surface area (Å²) in [6.07, 6.45) is -24.2. The number of nitrogens with two attached hydrogens (primary N) is 2. The number of aromatic nitrogens is 4. The Morgan fingerprint density at radius 2 is 0.709 bits per heavy atom. The predicted octanol–water partition coefficient (Wildman–Crippen LogP) is 4.81. The van der Waals surface area contributed by atoms with Crippen molar-refractivity contribution in [3.8, 4) is 42.3 Å². The molecule has 13 atom stereocenters. The summed E-state index contributed by atoms with van der Waals surface area (Å²) in [6, 6.07) is 29.6. The molecule has 134 heavy (non-hydrogen) atoms. The molecule has 0 saturated carbocycles. The van der Waals surface area contributed by atoms with Gasteiger partial charge in [0.15, 0.2) is 6.29 Å². The molecule has 0 radical (unpaired) electrons. The number of hydrogen-bond acceptors (Lipinski definition) is 50. The van der Waals surface area contributed by atoms with Gasteiger partial charge in [0.1, 0.15) is 153 Å². The molecular formula is C78H94N12O34S10-6. The number of rotatable bonds is 29. The first-order chi connectivity index (χ1) is 59.7. The van der Waals surface area contributed by atoms with Gasteiger partial charge in [0.25, 0.3) is 0 Å². The van der Waals surface area contributed by atoms with Gasteiger partial charge in [0.05, 0.1) is 136 Å². The van der Waals surface area contributed by atoms with Gasteiger partial charge in [-0.25, -0.2) is 70.4 Å². The summed E-state index contributed by atoms with van der Waals surface area (Å²) in [6.45, 7) is -1.68. The van der Waals surface area contributed by atoms with Gasteiger partial charge < -0.3 is 131 Å². The molecule has 12 aromatic rings. The maximum Gasteiger partial charge on any atom is 0.184 e. The number of thiazole rings is 4. The number of nitrogens with zero attached hydrogens (tertiary/aromatic N) is 8. The quantitative estimate of drug-likeness (QED) is 0.0170. The average molecular weight is 2060 g/mol. The van der Waals surface area contributed by atoms with E-state index in [4.69, 9.17) is 47.2 Å². The van der Waals surface area contributed by atoms with Crippen molar-refractivity contribution in [2.75, 3.05) is 55.0 Å². The minimum Gasteiger partial charge on any atom is -0.744 e. The Bertz CT molecular complexity index is 6850. The zero-order chi connectivity index (χ0) is 94.3. The van der Waals surface area contributed by atoms with Crippen molar-refractivity contribution in [3.63, 3.8) is 0 Å². The third-order valence-corrected chi connectivity index (χ3v) is 28.8. The number of hydrogen-bond donors (Lipinski definition) is 19. The van der Waals surface area contributed by atoms with Crippen molar-refractivity contribution in [1.82, 2.24) is 19.9 Å². The molecule has 8 aromatic carbocycles. The molecule has 13 unspecified atom stereocenters. The first-order valence-electron chi connectivity index (χ1n) is 36.2. The van der Waals surface area contributed by atoms with Crippen LogP contribution in [-0.4, -0.2) is 287 Å². The van der Waals surface area contributed by atoms with Crippen molar-refractivity contribution in [1.29, 1.82) is 0 Å². The van der Waals surface area contributed by atoms with Gasteiger partial charge in [-0.15, -0.1) is 55.6 Å². The molecule has 1 aliphatic heterocycles. The van der Waals surface area contributed by atoms with E-state index in [1.165, 1.54) is 94.7 Å². The SMILES string of the molecule is C.C.C.C.C.C.Cc1ccc2sc(-c3ccc4nc(-c5ccc(N=Nc6c(N)c(S(=O)(=O)[O-])cc(S(=O)(=O)[O-])c6N)cc5)sc4c3)nc2c1S(=O)(=O)[O-].Cc1ccc2sc(-c3ccc4nc(-c5ccc(N=Nc6c(NCC(O)C(O)C(O)C(O)CO)c(S(=O)(=O)[O-])cc(S(=O)(=O)[O-])c6NCC(O)C(O)C(O)C(O)CO)cc5)sc4c3)nc2c1S(=O)(=O)[O-].OCC1OC(O)C(O)C(O)C1O. The monoisotopic (exact) mass is 2060 g/mol. The summed E-state index contributed by atoms with van der Waals surface area (Å²) in [7, 11) is -31.8. The lowest BCUT2D eigenvalue weighted by molar-refractivity contribution is -0.286. The number of fused-ring (bicyclic) bond motifs is 4. The minimum atomic E-state index is -5.82. The van der Waals surface area contributed by atoms with Crippen LogP contribution in [0.1, 0.15) is 55.7 Å². The van der Waals surface area contributed by atoms with Crippen LogP contribution in [0.4, 0.5) is 45.5 Å². The van der Waals surface area contributed by atoms with Gasteiger partial charge in [0.2, 0.25) is 0 Å². The van der Waals surface area contributed by atoms with Crippen LogP contribution in [-0.2, 0) is 65.4 Å². The zero-order valence-corrected chi connectivity index (χ0v) is 73.0. The van der Waals surface area contributed by atoms with E-state index in [-0.39, 0.29) is 83.5 Å². The maximum atomic E-state index is 12.6. The van der Waals surface area contributed by atoms with E-state index in [0.29, 0.717) is 79.0 Å². The summed E-state index contributed by atoms with van der Waals surface area (Å²) >= 11 is 5.05. The van der Waals surface area contributed by atoms with Crippen LogP contribution >= 0.6 is 45.3 Å². The molecule has 1 fully saturated rings. The van der Waals surface area contributed by atoms with E-state index in [2.05, 4.69) is 55.8 Å². The molecule has 5 heterocycles. The highest BCUT2D eigenvalue weighted by atomic mass is 32.2. The highest BCUT2D eigenvalue weighted by molar-refractivity contribution is 7.87. The number of aliphatic hydroxyl groups is 15. The molecule has 0 spiro atoms. The Morgan fingerprint density at radius 1 is 0.388 bits per heavy atom. The maximum absolute atomic E-state index is 12.6. The molecule has 0 bridgehead atoms. The lowest BCUT2D eigenvalue weighted by Crippen LogP contribution is -2.58. The van der Waals surface area contributed by atoms with Crippen LogP contribution in [0.15, 0.2) is 171 Å². The summed E-state index contributed by atoms with van der Waals surface area (Å²) < 4.78 is 224. The summed E-state index contributed by atoms with van der Waals surface area (Å²) in [5.41, 5.74) is 11.0. The Kier molecular flexibility index (Phi) is 39.2. The third-order valence-electron chi connectivity index (χ3n) is 19.1. The van der Waals surface area contributed by atoms with E-state index in [0.717, 1.165) is 4.70 Å². The number of aryl methyl sites for hydroxylation is 2. The van der Waals surface area contributed by atoms with E-state index < -0.39 is 232 Å². The van der Waals surface area contributed by atoms with E-state index >= 15 is 0 Å². The van der Waals surface area contributed by atoms with Crippen LogP contribution in [0.25, 0.3) is 83.2 Å². The summed E-state index contributed by atoms with van der Waals surface area (Å²) in [4.78, 5) is 12.2. The lowest BCUT2D eigenvalue weighted by atomic mass is 10.00. The fourth-order valence-electron chi connectivity index (χ4n) is 12.4. The van der Waals surface area contributed by atoms with Gasteiger partial charge in [-0.1, -0.05) is 56.7 Å². The van der Waals surface area contributed by atoms with Gasteiger partial charge in [-0.05, 0) is 134 Å². The molecule has 1 aliphatic rings. The number of azo groups is 2. The number of aliphatic hydroxyl groups excluding tert-OH is 15. The standard InChI is InChI=1S/C39H44N6O19S5.C27H20N6O9S5.C6H12O6.6CH4/c1-16-2-9-25-29(37(16)69(62,63)64)43-39(65-25)18-5-8-20-26(10-18)66-38(42-20)17-3-6-19(7-4-17)44-45-32-30(40-12-21(48)33(52)35(54)23(50)14-46)27(67(56,57)58)11-28(68(59,60)61)31(32)41-13-22(49)34(53)36(55)24(51)15-47;1-12-2-9-17-23(25(12)47(40,41)42)31-27(43-17)14-5-8-16-18(10-14)44-26(30-16)13-3-6-15(7-4-13)32-33-24-21(28)19(45(34,35)36)11-20(22(24)29)46(37,38)39;7-1-2-3(8)4(9)5(10)6(11)12-2;;;;;;/h2-11,21-24,33-36,40-41,46-55H,12-15H2,1H3,(H,56,57,58)(H,59,60,61)(H,62,63,64);2-11H,28-29H2,1H3,(H,34,35,36)(H,37,38,39)(H,40,41,42);2-11H,1H2;6*1H4/p-6. The fourth-order valence-corrected chi connectivity index (χ4v) is 21.0. The smallest absolute Gasteiger partial charge is 0.184 e. The van der Waals surface area contributed by atoms with Gasteiger partial charge in [-0.3, -0.25) is 0 Å². The zero-order valence-electron chi connectivity index (χ0n) is 64.9. The second-order valence-electron chi connectivity index (χ2n) is 27.9. The molecule has 4 aromatic heterocycles. The van der Waals surface area contributed by atoms with Crippen LogP contribution in [0, 0.1) is 13.8 Å². The van der Waals surface area contributed by atoms with Gasteiger partial charge in [-0.2, -0.15) is 10.2 Å². The molecule has 13 rings (SSSR count). The topological polar surface area (TPSA) is 833 Å². The minimum absolute atomic E-state index is 0. The molecule has 0 amide bonds. The van der Waals surface area contributed by atoms with Crippen LogP contribution < -0.4 is 22.1 Å². The molecule has 736 valence electrons. The molecule has 56 heteroatoms. The van der Waals surface area contributed by atoms with Crippen molar-refractivity contribution >= 4 is 192 Å². The Hall–Kier alpha value is -9.46. The normalized spacial score (nSPS) is 17.3. The molecule has 46 nitrogen and oxygen atoms in total. The Labute approximate surface area is 783 Å². The highest BCUT2D eigenvalue weighted by Crippen LogP contribution is 2.47.